The predicted molar refractivity (Wildman–Crippen MR) is 75.3 cm³/mol. The van der Waals surface area contributed by atoms with Crippen molar-refractivity contribution in [1.29, 1.82) is 0 Å². The lowest BCUT2D eigenvalue weighted by atomic mass is 10.0. The van der Waals surface area contributed by atoms with Crippen LogP contribution < -0.4 is 5.73 Å². The molecule has 0 bridgehead atoms. The lowest BCUT2D eigenvalue weighted by Crippen LogP contribution is -2.16. The molecule has 0 saturated carbocycles. The minimum Gasteiger partial charge on any atom is -0.366 e. The second kappa shape index (κ2) is 6.55. The Hall–Kier alpha value is -2.16. The number of hydrogen-bond donors (Lipinski definition) is 1. The van der Waals surface area contributed by atoms with Gasteiger partial charge in [-0.3, -0.25) is 9.79 Å². The first-order chi connectivity index (χ1) is 8.52. The van der Waals surface area contributed by atoms with Crippen LogP contribution in [0.3, 0.4) is 0 Å². The van der Waals surface area contributed by atoms with Gasteiger partial charge in [-0.25, -0.2) is 0 Å². The van der Waals surface area contributed by atoms with Gasteiger partial charge in [-0.05, 0) is 30.6 Å². The Labute approximate surface area is 108 Å². The summed E-state index contributed by atoms with van der Waals surface area (Å²) >= 11 is 0. The van der Waals surface area contributed by atoms with Gasteiger partial charge in [-0.2, -0.15) is 0 Å². The predicted octanol–water partition coefficient (Wildman–Crippen LogP) is 2.64. The molecular weight excluding hydrogens is 224 g/mol. The maximum atomic E-state index is 11.3. The van der Waals surface area contributed by atoms with E-state index >= 15 is 0 Å². The van der Waals surface area contributed by atoms with Crippen LogP contribution in [-0.2, 0) is 11.3 Å². The second-order valence-electron chi connectivity index (χ2n) is 4.16. The molecular formula is C15H18N2O. The number of nitrogens with zero attached hydrogens (tertiary/aromatic N) is 1. The minimum atomic E-state index is -0.467. The molecule has 0 radical (unpaired) electrons. The Kier molecular flexibility index (Phi) is 5.06. The van der Waals surface area contributed by atoms with Crippen LogP contribution in [0.15, 0.2) is 58.6 Å². The van der Waals surface area contributed by atoms with Crippen molar-refractivity contribution in [1.82, 2.24) is 0 Å². The Morgan fingerprint density at radius 1 is 1.33 bits per heavy atom. The van der Waals surface area contributed by atoms with Gasteiger partial charge in [0.15, 0.2) is 0 Å². The quantitative estimate of drug-likeness (QED) is 0.481. The number of carbonyl (C=O) groups excluding carboxylic acids is 1. The van der Waals surface area contributed by atoms with Crippen LogP contribution in [0.5, 0.6) is 0 Å². The number of rotatable bonds is 5. The van der Waals surface area contributed by atoms with Crippen LogP contribution in [0, 0.1) is 0 Å². The van der Waals surface area contributed by atoms with Gasteiger partial charge in [0.25, 0.3) is 0 Å². The fourth-order valence-corrected chi connectivity index (χ4v) is 1.68. The van der Waals surface area contributed by atoms with Crippen molar-refractivity contribution in [3.8, 4) is 0 Å². The molecule has 0 heterocycles. The van der Waals surface area contributed by atoms with Crippen molar-refractivity contribution < 1.29 is 4.79 Å². The molecule has 94 valence electrons. The zero-order chi connectivity index (χ0) is 13.5. The number of aliphatic imine (C=N–C) groups is 1. The van der Waals surface area contributed by atoms with Crippen molar-refractivity contribution in [2.45, 2.75) is 20.4 Å². The van der Waals surface area contributed by atoms with Crippen molar-refractivity contribution in [3.05, 3.63) is 59.2 Å². The average molecular weight is 242 g/mol. The maximum absolute atomic E-state index is 11.3. The molecule has 0 aromatic heterocycles. The Morgan fingerprint density at radius 3 is 2.44 bits per heavy atom. The van der Waals surface area contributed by atoms with E-state index in [1.165, 1.54) is 0 Å². The van der Waals surface area contributed by atoms with E-state index in [-0.39, 0.29) is 0 Å². The number of carbonyl (C=O) groups is 1. The number of allylic oxidation sites excluding steroid dienone is 1. The summed E-state index contributed by atoms with van der Waals surface area (Å²) in [6.45, 7) is 7.89. The topological polar surface area (TPSA) is 55.5 Å². The molecule has 0 aliphatic heterocycles. The van der Waals surface area contributed by atoms with E-state index in [0.717, 1.165) is 11.1 Å². The third-order valence-electron chi connectivity index (χ3n) is 2.47. The molecule has 3 heteroatoms. The fourth-order valence-electron chi connectivity index (χ4n) is 1.68. The third-order valence-corrected chi connectivity index (χ3v) is 2.47. The largest absolute Gasteiger partial charge is 0.366 e. The first-order valence-corrected chi connectivity index (χ1v) is 5.72. The summed E-state index contributed by atoms with van der Waals surface area (Å²) < 4.78 is 0. The smallest absolute Gasteiger partial charge is 0.249 e. The zero-order valence-corrected chi connectivity index (χ0v) is 10.8. The molecule has 0 aliphatic carbocycles. The number of amides is 1. The fraction of sp³-hybridized carbons (Fsp3) is 0.200. The molecule has 0 atom stereocenters. The van der Waals surface area contributed by atoms with Crippen molar-refractivity contribution >= 4 is 12.1 Å². The van der Waals surface area contributed by atoms with Gasteiger partial charge in [0.1, 0.15) is 0 Å². The molecule has 0 unspecified atom stereocenters. The molecule has 1 aromatic carbocycles. The molecule has 2 N–H and O–H groups in total. The van der Waals surface area contributed by atoms with E-state index in [4.69, 9.17) is 5.73 Å². The maximum Gasteiger partial charge on any atom is 0.249 e. The van der Waals surface area contributed by atoms with Gasteiger partial charge in [0, 0.05) is 11.8 Å². The summed E-state index contributed by atoms with van der Waals surface area (Å²) in [6.07, 6.45) is 1.67. The first kappa shape index (κ1) is 13.9. The van der Waals surface area contributed by atoms with Gasteiger partial charge in [-0.1, -0.05) is 36.9 Å². The van der Waals surface area contributed by atoms with Crippen molar-refractivity contribution in [3.63, 3.8) is 0 Å². The molecule has 18 heavy (non-hydrogen) atoms. The van der Waals surface area contributed by atoms with Crippen LogP contribution >= 0.6 is 0 Å². The van der Waals surface area contributed by atoms with Gasteiger partial charge in [-0.15, -0.1) is 0 Å². The van der Waals surface area contributed by atoms with Gasteiger partial charge < -0.3 is 5.73 Å². The van der Waals surface area contributed by atoms with Crippen molar-refractivity contribution in [2.75, 3.05) is 0 Å². The summed E-state index contributed by atoms with van der Waals surface area (Å²) in [4.78, 5) is 15.6. The number of benzene rings is 1. The lowest BCUT2D eigenvalue weighted by Gasteiger charge is -2.04. The Morgan fingerprint density at radius 2 is 1.94 bits per heavy atom. The minimum absolute atomic E-state index is 0.451. The van der Waals surface area contributed by atoms with Crippen molar-refractivity contribution in [2.24, 2.45) is 10.7 Å². The van der Waals surface area contributed by atoms with E-state index in [0.29, 0.717) is 17.7 Å². The van der Waals surface area contributed by atoms with Gasteiger partial charge in [0.05, 0.1) is 6.54 Å². The van der Waals surface area contributed by atoms with Crippen LogP contribution in [0.4, 0.5) is 0 Å². The lowest BCUT2D eigenvalue weighted by molar-refractivity contribution is -0.114. The van der Waals surface area contributed by atoms with Crippen LogP contribution in [0.25, 0.3) is 0 Å². The standard InChI is InChI=1S/C15H18N2O/c1-11(2)14(15(16)18)12(3)9-17-10-13-7-5-4-6-8-13/h4-9H,1,10H2,2-3H3,(H2,16,18)/b14-12+,17-9+. The van der Waals surface area contributed by atoms with E-state index in [9.17, 15) is 4.79 Å². The molecule has 0 saturated heterocycles. The monoisotopic (exact) mass is 242 g/mol. The molecule has 0 aliphatic rings. The van der Waals surface area contributed by atoms with Crippen LogP contribution in [-0.4, -0.2) is 12.1 Å². The summed E-state index contributed by atoms with van der Waals surface area (Å²) in [5.41, 5.74) is 8.28. The van der Waals surface area contributed by atoms with E-state index < -0.39 is 5.91 Å². The summed E-state index contributed by atoms with van der Waals surface area (Å²) in [6, 6.07) is 9.91. The third kappa shape index (κ3) is 4.01. The number of nitrogens with two attached hydrogens (primary N) is 1. The average Bonchev–Trinajstić information content (AvgIpc) is 2.29. The second-order valence-corrected chi connectivity index (χ2v) is 4.16. The normalized spacial score (nSPS) is 12.3. The van der Waals surface area contributed by atoms with Crippen LogP contribution in [0.2, 0.25) is 0 Å². The van der Waals surface area contributed by atoms with Gasteiger partial charge >= 0.3 is 0 Å². The Bertz CT molecular complexity index is 482. The van der Waals surface area contributed by atoms with Crippen LogP contribution in [0.1, 0.15) is 19.4 Å². The number of primary amides is 1. The molecule has 1 aromatic rings. The molecule has 1 rings (SSSR count). The first-order valence-electron chi connectivity index (χ1n) is 5.72. The highest BCUT2D eigenvalue weighted by molar-refractivity contribution is 6.02. The summed E-state index contributed by atoms with van der Waals surface area (Å²) in [7, 11) is 0. The number of hydrogen-bond acceptors (Lipinski definition) is 2. The molecule has 1 amide bonds. The Balaban J connectivity index is 2.80. The summed E-state index contributed by atoms with van der Waals surface area (Å²) in [5.74, 6) is -0.467. The van der Waals surface area contributed by atoms with E-state index in [2.05, 4.69) is 11.6 Å². The van der Waals surface area contributed by atoms with E-state index in [1.54, 1.807) is 13.1 Å². The highest BCUT2D eigenvalue weighted by atomic mass is 16.1. The summed E-state index contributed by atoms with van der Waals surface area (Å²) in [5, 5.41) is 0. The molecule has 0 spiro atoms. The highest BCUT2D eigenvalue weighted by Crippen LogP contribution is 2.11. The zero-order valence-electron chi connectivity index (χ0n) is 10.8. The molecule has 0 fully saturated rings. The van der Waals surface area contributed by atoms with Gasteiger partial charge in [0.2, 0.25) is 5.91 Å². The molecule has 3 nitrogen and oxygen atoms in total. The van der Waals surface area contributed by atoms with E-state index in [1.807, 2.05) is 37.3 Å². The SMILES string of the molecule is C=C(C)/C(C(N)=O)=C(C)\C=N\Cc1ccccc1. The highest BCUT2D eigenvalue weighted by Gasteiger charge is 2.08.